The predicted octanol–water partition coefficient (Wildman–Crippen LogP) is 5.43. The summed E-state index contributed by atoms with van der Waals surface area (Å²) in [5.74, 6) is 1.72. The summed E-state index contributed by atoms with van der Waals surface area (Å²) in [6, 6.07) is 12.3. The minimum atomic E-state index is -0.431. The number of rotatable bonds is 6. The number of fused-ring (bicyclic) bond motifs is 2. The molecule has 0 saturated carbocycles. The highest BCUT2D eigenvalue weighted by atomic mass is 19.1. The first-order chi connectivity index (χ1) is 16.0. The first-order valence-corrected chi connectivity index (χ1v) is 10.9. The van der Waals surface area contributed by atoms with Gasteiger partial charge in [-0.25, -0.2) is 9.37 Å². The number of hydrogen-bond acceptors (Lipinski definition) is 6. The maximum absolute atomic E-state index is 14.8. The summed E-state index contributed by atoms with van der Waals surface area (Å²) in [5, 5.41) is 0. The largest absolute Gasteiger partial charge is 0.492 e. The van der Waals surface area contributed by atoms with Gasteiger partial charge < -0.3 is 18.9 Å². The van der Waals surface area contributed by atoms with Crippen LogP contribution in [0.3, 0.4) is 0 Å². The van der Waals surface area contributed by atoms with Crippen LogP contribution < -0.4 is 14.2 Å². The third kappa shape index (κ3) is 4.23. The second-order valence-corrected chi connectivity index (χ2v) is 8.35. The number of ether oxygens (including phenoxy) is 4. The van der Waals surface area contributed by atoms with Crippen molar-refractivity contribution in [3.05, 3.63) is 76.7 Å². The second-order valence-electron chi connectivity index (χ2n) is 8.35. The molecular weight excluding hydrogens is 425 g/mol. The highest BCUT2D eigenvalue weighted by Crippen LogP contribution is 2.44. The van der Waals surface area contributed by atoms with Crippen molar-refractivity contribution in [2.45, 2.75) is 38.2 Å². The number of halogens is 1. The van der Waals surface area contributed by atoms with Crippen molar-refractivity contribution in [1.29, 1.82) is 0 Å². The van der Waals surface area contributed by atoms with E-state index in [9.17, 15) is 9.18 Å². The average Bonchev–Trinajstić information content (AvgIpc) is 3.42. The quantitative estimate of drug-likeness (QED) is 0.468. The van der Waals surface area contributed by atoms with Crippen LogP contribution in [0.25, 0.3) is 0 Å². The molecule has 0 radical (unpaired) electrons. The molecule has 0 N–H and O–H groups in total. The molecule has 0 fully saturated rings. The highest BCUT2D eigenvalue weighted by Gasteiger charge is 2.32. The zero-order chi connectivity index (χ0) is 22.9. The van der Waals surface area contributed by atoms with Crippen molar-refractivity contribution in [3.63, 3.8) is 0 Å². The molecule has 2 atom stereocenters. The van der Waals surface area contributed by atoms with E-state index in [1.165, 1.54) is 13.2 Å². The van der Waals surface area contributed by atoms with Crippen LogP contribution in [0.2, 0.25) is 0 Å². The van der Waals surface area contributed by atoms with E-state index < -0.39 is 6.10 Å². The van der Waals surface area contributed by atoms with E-state index in [1.807, 2.05) is 25.1 Å². The number of nitrogens with zero attached hydrogens (tertiary/aromatic N) is 1. The van der Waals surface area contributed by atoms with Crippen LogP contribution in [0, 0.1) is 12.7 Å². The molecule has 1 aliphatic heterocycles. The normalized spacial score (nSPS) is 18.3. The van der Waals surface area contributed by atoms with Gasteiger partial charge in [0.05, 0.1) is 20.1 Å². The van der Waals surface area contributed by atoms with Gasteiger partial charge in [0.25, 0.3) is 0 Å². The summed E-state index contributed by atoms with van der Waals surface area (Å²) in [7, 11) is 1.38. The number of methoxy groups -OCH3 is 1. The summed E-state index contributed by atoms with van der Waals surface area (Å²) in [6.45, 7) is 2.38. The van der Waals surface area contributed by atoms with Crippen LogP contribution in [0.15, 0.2) is 48.7 Å². The fraction of sp³-hybridized carbons (Fsp3) is 0.308. The van der Waals surface area contributed by atoms with Gasteiger partial charge in [-0.2, -0.15) is 0 Å². The van der Waals surface area contributed by atoms with Gasteiger partial charge in [0, 0.05) is 40.9 Å². The van der Waals surface area contributed by atoms with E-state index in [1.54, 1.807) is 24.4 Å². The Morgan fingerprint density at radius 2 is 2.09 bits per heavy atom. The number of aromatic nitrogens is 1. The molecule has 1 aromatic heterocycles. The first-order valence-electron chi connectivity index (χ1n) is 10.9. The summed E-state index contributed by atoms with van der Waals surface area (Å²) in [4.78, 5) is 15.9. The lowest BCUT2D eigenvalue weighted by Gasteiger charge is -2.17. The molecule has 6 nitrogen and oxygen atoms in total. The average molecular weight is 449 g/mol. The van der Waals surface area contributed by atoms with Gasteiger partial charge in [-0.05, 0) is 43.5 Å². The zero-order valence-corrected chi connectivity index (χ0v) is 18.5. The van der Waals surface area contributed by atoms with Crippen LogP contribution in [0.5, 0.6) is 23.1 Å². The molecule has 0 amide bonds. The number of esters is 1. The molecule has 2 unspecified atom stereocenters. The van der Waals surface area contributed by atoms with E-state index in [2.05, 4.69) is 4.98 Å². The second kappa shape index (κ2) is 8.73. The number of pyridine rings is 1. The topological polar surface area (TPSA) is 66.9 Å². The van der Waals surface area contributed by atoms with Crippen molar-refractivity contribution in [2.24, 2.45) is 0 Å². The molecule has 33 heavy (non-hydrogen) atoms. The molecule has 0 bridgehead atoms. The van der Waals surface area contributed by atoms with Gasteiger partial charge in [0.2, 0.25) is 5.88 Å². The van der Waals surface area contributed by atoms with Crippen LogP contribution in [-0.2, 0) is 16.0 Å². The Bertz CT molecular complexity index is 1190. The van der Waals surface area contributed by atoms with Gasteiger partial charge >= 0.3 is 5.97 Å². The first kappa shape index (κ1) is 21.2. The van der Waals surface area contributed by atoms with Crippen molar-refractivity contribution in [1.82, 2.24) is 4.98 Å². The Morgan fingerprint density at radius 3 is 2.88 bits per heavy atom. The Balaban J connectivity index is 1.35. The van der Waals surface area contributed by atoms with Crippen LogP contribution >= 0.6 is 0 Å². The molecule has 2 aliphatic rings. The van der Waals surface area contributed by atoms with Gasteiger partial charge in [0.15, 0.2) is 0 Å². The Hall–Kier alpha value is -3.61. The standard InChI is InChI=1S/C26H24FNO5/c1-15-3-10-24(28-13-15)33-21-9-7-20(27)26-19(21)6-8-22(26)32-17-4-5-18-16(11-25(29)30-2)14-31-23(18)12-17/h3-5,7,9-10,12-13,16,22H,6,8,11,14H2,1-2H3. The molecule has 7 heteroatoms. The molecule has 170 valence electrons. The van der Waals surface area contributed by atoms with E-state index in [0.29, 0.717) is 48.1 Å². The van der Waals surface area contributed by atoms with E-state index >= 15 is 0 Å². The van der Waals surface area contributed by atoms with Gasteiger partial charge in [-0.15, -0.1) is 0 Å². The maximum Gasteiger partial charge on any atom is 0.306 e. The van der Waals surface area contributed by atoms with E-state index in [4.69, 9.17) is 18.9 Å². The summed E-state index contributed by atoms with van der Waals surface area (Å²) >= 11 is 0. The lowest BCUT2D eigenvalue weighted by Crippen LogP contribution is -2.09. The van der Waals surface area contributed by atoms with Crippen molar-refractivity contribution < 1.29 is 28.1 Å². The van der Waals surface area contributed by atoms with Gasteiger partial charge in [-0.3, -0.25) is 4.79 Å². The van der Waals surface area contributed by atoms with Crippen LogP contribution in [0.1, 0.15) is 47.1 Å². The van der Waals surface area contributed by atoms with Crippen molar-refractivity contribution >= 4 is 5.97 Å². The van der Waals surface area contributed by atoms with Gasteiger partial charge in [-0.1, -0.05) is 12.1 Å². The third-order valence-corrected chi connectivity index (χ3v) is 6.12. The fourth-order valence-corrected chi connectivity index (χ4v) is 4.43. The van der Waals surface area contributed by atoms with Crippen molar-refractivity contribution in [3.8, 4) is 23.1 Å². The van der Waals surface area contributed by atoms with Crippen molar-refractivity contribution in [2.75, 3.05) is 13.7 Å². The number of benzene rings is 2. The summed E-state index contributed by atoms with van der Waals surface area (Å²) in [6.07, 6.45) is 2.85. The predicted molar refractivity (Wildman–Crippen MR) is 118 cm³/mol. The Kier molecular flexibility index (Phi) is 5.62. The molecule has 2 heterocycles. The molecule has 0 saturated heterocycles. The molecule has 3 aromatic rings. The minimum absolute atomic E-state index is 0.0405. The monoisotopic (exact) mass is 449 g/mol. The van der Waals surface area contributed by atoms with Crippen LogP contribution in [-0.4, -0.2) is 24.7 Å². The number of carbonyl (C=O) groups excluding carboxylic acids is 1. The number of hydrogen-bond donors (Lipinski definition) is 0. The molecule has 0 spiro atoms. The third-order valence-electron chi connectivity index (χ3n) is 6.12. The maximum atomic E-state index is 14.8. The zero-order valence-electron chi connectivity index (χ0n) is 18.5. The highest BCUT2D eigenvalue weighted by molar-refractivity contribution is 5.71. The number of carbonyl (C=O) groups is 1. The van der Waals surface area contributed by atoms with Gasteiger partial charge in [0.1, 0.15) is 29.2 Å². The minimum Gasteiger partial charge on any atom is -0.492 e. The fourth-order valence-electron chi connectivity index (χ4n) is 4.43. The lowest BCUT2D eigenvalue weighted by atomic mass is 9.98. The molecule has 5 rings (SSSR count). The van der Waals surface area contributed by atoms with E-state index in [-0.39, 0.29) is 24.1 Å². The number of aryl methyl sites for hydroxylation is 1. The smallest absolute Gasteiger partial charge is 0.306 e. The molecule has 2 aromatic carbocycles. The molecular formula is C26H24FNO5. The summed E-state index contributed by atoms with van der Waals surface area (Å²) < 4.78 is 37.5. The Labute approximate surface area is 191 Å². The lowest BCUT2D eigenvalue weighted by molar-refractivity contribution is -0.141. The van der Waals surface area contributed by atoms with E-state index in [0.717, 1.165) is 16.7 Å². The molecule has 1 aliphatic carbocycles. The van der Waals surface area contributed by atoms with Crippen LogP contribution in [0.4, 0.5) is 4.39 Å². The summed E-state index contributed by atoms with van der Waals surface area (Å²) in [5.41, 5.74) is 3.31. The Morgan fingerprint density at radius 1 is 1.21 bits per heavy atom. The SMILES string of the molecule is COC(=O)CC1COc2cc(OC3CCc4c(Oc5ccc(C)cn5)ccc(F)c43)ccc21.